The van der Waals surface area contributed by atoms with Gasteiger partial charge in [0, 0.05) is 0 Å². The van der Waals surface area contributed by atoms with Crippen molar-refractivity contribution in [2.24, 2.45) is 0 Å². The van der Waals surface area contributed by atoms with E-state index >= 15 is 0 Å². The lowest BCUT2D eigenvalue weighted by Gasteiger charge is -2.10. The molecule has 1 atom stereocenters. The van der Waals surface area contributed by atoms with E-state index in [1.54, 1.807) is 6.92 Å². The summed E-state index contributed by atoms with van der Waals surface area (Å²) < 4.78 is 6.43. The molecular weight excluding hydrogens is 286 g/mol. The van der Waals surface area contributed by atoms with Gasteiger partial charge in [-0.3, -0.25) is 10.00 Å². The van der Waals surface area contributed by atoms with Crippen molar-refractivity contribution < 1.29 is 19.4 Å². The minimum Gasteiger partial charge on any atom is -0.480 e. The lowest BCUT2D eigenvalue weighted by atomic mass is 10.2. The molecule has 0 radical (unpaired) electrons. The summed E-state index contributed by atoms with van der Waals surface area (Å²) in [6.45, 7) is 3.35. The van der Waals surface area contributed by atoms with Crippen LogP contribution in [0.15, 0.2) is 36.5 Å². The summed E-state index contributed by atoms with van der Waals surface area (Å²) >= 11 is 0. The van der Waals surface area contributed by atoms with Gasteiger partial charge >= 0.3 is 12.1 Å². The smallest absolute Gasteiger partial charge is 0.412 e. The molecule has 22 heavy (non-hydrogen) atoms. The molecule has 1 unspecified atom stereocenters. The molecule has 0 saturated heterocycles. The highest BCUT2D eigenvalue weighted by atomic mass is 16.5. The van der Waals surface area contributed by atoms with Gasteiger partial charge < -0.3 is 9.84 Å². The number of rotatable bonds is 5. The summed E-state index contributed by atoms with van der Waals surface area (Å²) in [6.07, 6.45) is 0.785. The molecule has 0 bridgehead atoms. The second-order valence-electron chi connectivity index (χ2n) is 4.79. The van der Waals surface area contributed by atoms with E-state index in [9.17, 15) is 9.59 Å². The van der Waals surface area contributed by atoms with Crippen molar-refractivity contribution in [2.75, 3.05) is 5.32 Å². The Morgan fingerprint density at radius 1 is 1.36 bits per heavy atom. The Kier molecular flexibility index (Phi) is 4.77. The predicted octanol–water partition coefficient (Wildman–Crippen LogP) is 2.59. The number of carbonyl (C=O) groups is 2. The molecule has 116 valence electrons. The Morgan fingerprint density at radius 3 is 2.68 bits per heavy atom. The number of benzene rings is 1. The first-order valence-electron chi connectivity index (χ1n) is 6.73. The average molecular weight is 303 g/mol. The lowest BCUT2D eigenvalue weighted by molar-refractivity contribution is -0.140. The molecule has 0 aliphatic heterocycles. The fraction of sp³-hybridized carbons (Fsp3) is 0.267. The van der Waals surface area contributed by atoms with Crippen LogP contribution < -0.4 is 5.32 Å². The number of nitrogens with zero attached hydrogens (tertiary/aromatic N) is 2. The third kappa shape index (κ3) is 3.63. The third-order valence-corrected chi connectivity index (χ3v) is 3.22. The Bertz CT molecular complexity index is 667. The summed E-state index contributed by atoms with van der Waals surface area (Å²) in [5.74, 6) is -0.996. The first kappa shape index (κ1) is 15.6. The fourth-order valence-electron chi connectivity index (χ4n) is 1.91. The second-order valence-corrected chi connectivity index (χ2v) is 4.79. The molecule has 1 heterocycles. The molecule has 0 spiro atoms. The maximum absolute atomic E-state index is 11.8. The highest BCUT2D eigenvalue weighted by Crippen LogP contribution is 2.18. The van der Waals surface area contributed by atoms with Crippen molar-refractivity contribution in [3.05, 3.63) is 47.8 Å². The summed E-state index contributed by atoms with van der Waals surface area (Å²) in [4.78, 5) is 22.7. The number of carboxylic acid groups (broad SMARTS) is 1. The van der Waals surface area contributed by atoms with Gasteiger partial charge in [0.1, 0.15) is 12.6 Å². The van der Waals surface area contributed by atoms with Crippen LogP contribution in [0.25, 0.3) is 0 Å². The van der Waals surface area contributed by atoms with Gasteiger partial charge in [0.25, 0.3) is 0 Å². The summed E-state index contributed by atoms with van der Waals surface area (Å²) in [5.41, 5.74) is 1.85. The van der Waals surface area contributed by atoms with Crippen LogP contribution in [-0.2, 0) is 16.1 Å². The summed E-state index contributed by atoms with van der Waals surface area (Å²) in [5, 5.41) is 15.5. The predicted molar refractivity (Wildman–Crippen MR) is 79.6 cm³/mol. The monoisotopic (exact) mass is 303 g/mol. The Labute approximate surface area is 127 Å². The van der Waals surface area contributed by atoms with Crippen LogP contribution in [-0.4, -0.2) is 26.9 Å². The van der Waals surface area contributed by atoms with Crippen LogP contribution in [0.2, 0.25) is 0 Å². The minimum atomic E-state index is -0.996. The highest BCUT2D eigenvalue weighted by Gasteiger charge is 2.19. The molecule has 2 rings (SSSR count). The molecular formula is C15H17N3O4. The molecule has 1 amide bonds. The summed E-state index contributed by atoms with van der Waals surface area (Å²) in [7, 11) is 0. The average Bonchev–Trinajstić information content (AvgIpc) is 2.86. The lowest BCUT2D eigenvalue weighted by Crippen LogP contribution is -2.18. The number of aliphatic carboxylic acids is 1. The maximum Gasteiger partial charge on any atom is 0.412 e. The quantitative estimate of drug-likeness (QED) is 0.885. The Morgan fingerprint density at radius 2 is 2.05 bits per heavy atom. The number of aromatic nitrogens is 2. The van der Waals surface area contributed by atoms with E-state index in [1.165, 1.54) is 17.8 Å². The van der Waals surface area contributed by atoms with Gasteiger partial charge in [0.05, 0.1) is 17.6 Å². The standard InChI is InChI=1S/C15H17N3O4/c1-10-13(8-16-18(10)11(2)14(19)20)17-15(21)22-9-12-6-4-3-5-7-12/h3-8,11H,9H2,1-2H3,(H,17,21)(H,19,20). The van der Waals surface area contributed by atoms with Gasteiger partial charge in [0.15, 0.2) is 0 Å². The van der Waals surface area contributed by atoms with Crippen LogP contribution in [0.1, 0.15) is 24.2 Å². The topological polar surface area (TPSA) is 93.5 Å². The molecule has 7 heteroatoms. The van der Waals surface area contributed by atoms with Crippen LogP contribution in [0.3, 0.4) is 0 Å². The van der Waals surface area contributed by atoms with Gasteiger partial charge in [-0.25, -0.2) is 9.59 Å². The normalized spacial score (nSPS) is 11.7. The number of hydrogen-bond donors (Lipinski definition) is 2. The second kappa shape index (κ2) is 6.75. The van der Waals surface area contributed by atoms with Gasteiger partial charge in [-0.1, -0.05) is 30.3 Å². The first-order valence-corrected chi connectivity index (χ1v) is 6.73. The van der Waals surface area contributed by atoms with Gasteiger partial charge in [-0.2, -0.15) is 5.10 Å². The maximum atomic E-state index is 11.8. The largest absolute Gasteiger partial charge is 0.480 e. The van der Waals surface area contributed by atoms with E-state index in [4.69, 9.17) is 9.84 Å². The van der Waals surface area contributed by atoms with Gasteiger partial charge in [-0.05, 0) is 19.4 Å². The summed E-state index contributed by atoms with van der Waals surface area (Å²) in [6, 6.07) is 8.49. The fourth-order valence-corrected chi connectivity index (χ4v) is 1.91. The van der Waals surface area contributed by atoms with Crippen molar-refractivity contribution in [3.63, 3.8) is 0 Å². The van der Waals surface area contributed by atoms with Crippen LogP contribution in [0, 0.1) is 6.92 Å². The molecule has 2 N–H and O–H groups in total. The van der Waals surface area contributed by atoms with E-state index in [0.717, 1.165) is 5.56 Å². The number of nitrogens with one attached hydrogen (secondary N) is 1. The van der Waals surface area contributed by atoms with Gasteiger partial charge in [-0.15, -0.1) is 0 Å². The SMILES string of the molecule is Cc1c(NC(=O)OCc2ccccc2)cnn1C(C)C(=O)O. The van der Waals surface area contributed by atoms with Crippen molar-refractivity contribution >= 4 is 17.7 Å². The number of hydrogen-bond acceptors (Lipinski definition) is 4. The number of carboxylic acids is 1. The molecule has 0 saturated carbocycles. The van der Waals surface area contributed by atoms with Crippen LogP contribution in [0.4, 0.5) is 10.5 Å². The van der Waals surface area contributed by atoms with E-state index < -0.39 is 18.1 Å². The van der Waals surface area contributed by atoms with Crippen molar-refractivity contribution in [2.45, 2.75) is 26.5 Å². The third-order valence-electron chi connectivity index (χ3n) is 3.22. The molecule has 0 aliphatic rings. The van der Waals surface area contributed by atoms with Crippen LogP contribution in [0.5, 0.6) is 0 Å². The number of ether oxygens (including phenoxy) is 1. The number of anilines is 1. The molecule has 2 aromatic rings. The Hall–Kier alpha value is -2.83. The zero-order valence-electron chi connectivity index (χ0n) is 12.3. The highest BCUT2D eigenvalue weighted by molar-refractivity contribution is 5.85. The zero-order valence-corrected chi connectivity index (χ0v) is 12.3. The van der Waals surface area contributed by atoms with E-state index in [1.807, 2.05) is 30.3 Å². The number of carbonyl (C=O) groups excluding carboxylic acids is 1. The molecule has 1 aromatic heterocycles. The minimum absolute atomic E-state index is 0.158. The van der Waals surface area contributed by atoms with E-state index in [-0.39, 0.29) is 6.61 Å². The van der Waals surface area contributed by atoms with Crippen molar-refractivity contribution in [1.29, 1.82) is 0 Å². The van der Waals surface area contributed by atoms with Crippen LogP contribution >= 0.6 is 0 Å². The van der Waals surface area contributed by atoms with Gasteiger partial charge in [0.2, 0.25) is 0 Å². The first-order chi connectivity index (χ1) is 10.5. The van der Waals surface area contributed by atoms with E-state index in [0.29, 0.717) is 11.4 Å². The Balaban J connectivity index is 1.96. The molecule has 7 nitrogen and oxygen atoms in total. The molecule has 1 aromatic carbocycles. The van der Waals surface area contributed by atoms with Crippen molar-refractivity contribution in [3.8, 4) is 0 Å². The van der Waals surface area contributed by atoms with Crippen molar-refractivity contribution in [1.82, 2.24) is 9.78 Å². The zero-order chi connectivity index (χ0) is 16.1. The van der Waals surface area contributed by atoms with E-state index in [2.05, 4.69) is 10.4 Å². The number of amides is 1. The molecule has 0 aliphatic carbocycles. The molecule has 0 fully saturated rings.